The molecule has 128 valence electrons. The lowest BCUT2D eigenvalue weighted by Crippen LogP contribution is -2.44. The fourth-order valence-electron chi connectivity index (χ4n) is 2.70. The molecule has 1 aliphatic rings. The fourth-order valence-corrected chi connectivity index (χ4v) is 2.70. The van der Waals surface area contributed by atoms with Crippen LogP contribution in [0.4, 0.5) is 11.4 Å². The number of nitrogens with zero attached hydrogens (tertiary/aromatic N) is 4. The van der Waals surface area contributed by atoms with Crippen LogP contribution in [-0.4, -0.2) is 54.2 Å². The van der Waals surface area contributed by atoms with Crippen LogP contribution in [-0.2, 0) is 11.2 Å². The number of hydrogen-bond donors (Lipinski definition) is 1. The molecule has 0 aliphatic carbocycles. The first-order valence-corrected chi connectivity index (χ1v) is 8.22. The molecule has 1 aromatic heterocycles. The van der Waals surface area contributed by atoms with Gasteiger partial charge in [0.1, 0.15) is 0 Å². The van der Waals surface area contributed by atoms with E-state index in [0.29, 0.717) is 24.6 Å². The Kier molecular flexibility index (Phi) is 5.10. The van der Waals surface area contributed by atoms with Crippen LogP contribution in [0.25, 0.3) is 0 Å². The summed E-state index contributed by atoms with van der Waals surface area (Å²) in [6, 6.07) is 8.01. The Morgan fingerprint density at radius 3 is 2.50 bits per heavy atom. The Morgan fingerprint density at radius 1 is 1.17 bits per heavy atom. The summed E-state index contributed by atoms with van der Waals surface area (Å²) in [7, 11) is 2.14. The monoisotopic (exact) mass is 329 g/mol. The van der Waals surface area contributed by atoms with Gasteiger partial charge in [-0.1, -0.05) is 0 Å². The van der Waals surface area contributed by atoms with Crippen molar-refractivity contribution in [3.63, 3.8) is 0 Å². The Hall–Kier alpha value is -2.41. The van der Waals surface area contributed by atoms with Crippen LogP contribution >= 0.6 is 0 Å². The highest BCUT2D eigenvalue weighted by atomic mass is 16.4. The second kappa shape index (κ2) is 7.44. The minimum absolute atomic E-state index is 0.0572. The molecular formula is C17H23N5O2. The molecule has 1 fully saturated rings. The van der Waals surface area contributed by atoms with Crippen molar-refractivity contribution in [3.8, 4) is 0 Å². The van der Waals surface area contributed by atoms with E-state index in [1.165, 1.54) is 5.69 Å². The lowest BCUT2D eigenvalue weighted by atomic mass is 10.2. The van der Waals surface area contributed by atoms with Crippen molar-refractivity contribution in [2.24, 2.45) is 0 Å². The summed E-state index contributed by atoms with van der Waals surface area (Å²) in [6.07, 6.45) is 0.772. The Labute approximate surface area is 141 Å². The third-order valence-corrected chi connectivity index (χ3v) is 4.15. The number of piperazine rings is 1. The molecule has 24 heavy (non-hydrogen) atoms. The van der Waals surface area contributed by atoms with Crippen molar-refractivity contribution in [2.75, 3.05) is 43.4 Å². The fraction of sp³-hybridized carbons (Fsp3) is 0.471. The number of rotatable bonds is 5. The SMILES string of the molecule is Cc1nnc(CCC(=O)Nc2ccc(N3CCN(C)CC3)cc2)o1. The predicted octanol–water partition coefficient (Wildman–Crippen LogP) is 1.70. The van der Waals surface area contributed by atoms with Crippen LogP contribution < -0.4 is 10.2 Å². The van der Waals surface area contributed by atoms with Crippen LogP contribution in [0, 0.1) is 6.92 Å². The number of carbonyl (C=O) groups excluding carboxylic acids is 1. The topological polar surface area (TPSA) is 74.5 Å². The number of carbonyl (C=O) groups is 1. The van der Waals surface area contributed by atoms with Crippen molar-refractivity contribution in [1.82, 2.24) is 15.1 Å². The average molecular weight is 329 g/mol. The number of nitrogens with one attached hydrogen (secondary N) is 1. The number of anilines is 2. The second-order valence-electron chi connectivity index (χ2n) is 6.10. The molecule has 7 nitrogen and oxygen atoms in total. The molecule has 3 rings (SSSR count). The van der Waals surface area contributed by atoms with Gasteiger partial charge in [-0.15, -0.1) is 10.2 Å². The highest BCUT2D eigenvalue weighted by Crippen LogP contribution is 2.19. The van der Waals surface area contributed by atoms with Gasteiger partial charge in [0.05, 0.1) is 0 Å². The molecular weight excluding hydrogens is 306 g/mol. The molecule has 0 atom stereocenters. The van der Waals surface area contributed by atoms with Crippen molar-refractivity contribution >= 4 is 17.3 Å². The summed E-state index contributed by atoms with van der Waals surface area (Å²) in [4.78, 5) is 16.7. The Morgan fingerprint density at radius 2 is 1.88 bits per heavy atom. The van der Waals surface area contributed by atoms with Gasteiger partial charge in [-0.25, -0.2) is 0 Å². The van der Waals surface area contributed by atoms with Gasteiger partial charge in [0.15, 0.2) is 0 Å². The molecule has 7 heteroatoms. The van der Waals surface area contributed by atoms with Crippen LogP contribution in [0.2, 0.25) is 0 Å². The zero-order chi connectivity index (χ0) is 16.9. The van der Waals surface area contributed by atoms with Crippen molar-refractivity contribution in [2.45, 2.75) is 19.8 Å². The van der Waals surface area contributed by atoms with Crippen molar-refractivity contribution < 1.29 is 9.21 Å². The van der Waals surface area contributed by atoms with E-state index in [9.17, 15) is 4.79 Å². The first-order valence-electron chi connectivity index (χ1n) is 8.22. The minimum atomic E-state index is -0.0572. The molecule has 0 spiro atoms. The summed E-state index contributed by atoms with van der Waals surface area (Å²) in [5.41, 5.74) is 2.00. The largest absolute Gasteiger partial charge is 0.426 e. The van der Waals surface area contributed by atoms with Gasteiger partial charge in [0, 0.05) is 57.3 Å². The summed E-state index contributed by atoms with van der Waals surface area (Å²) < 4.78 is 5.26. The second-order valence-corrected chi connectivity index (χ2v) is 6.10. The van der Waals surface area contributed by atoms with Crippen molar-refractivity contribution in [3.05, 3.63) is 36.0 Å². The molecule has 0 saturated carbocycles. The molecule has 0 bridgehead atoms. The van der Waals surface area contributed by atoms with Gasteiger partial charge < -0.3 is 19.5 Å². The highest BCUT2D eigenvalue weighted by Gasteiger charge is 2.14. The molecule has 1 aromatic carbocycles. The summed E-state index contributed by atoms with van der Waals surface area (Å²) in [5, 5.41) is 10.5. The summed E-state index contributed by atoms with van der Waals surface area (Å²) in [6.45, 7) is 5.96. The minimum Gasteiger partial charge on any atom is -0.426 e. The lowest BCUT2D eigenvalue weighted by molar-refractivity contribution is -0.116. The molecule has 2 heterocycles. The molecule has 1 saturated heterocycles. The van der Waals surface area contributed by atoms with Crippen molar-refractivity contribution in [1.29, 1.82) is 0 Å². The maximum atomic E-state index is 12.0. The normalized spacial score (nSPS) is 15.5. The number of benzene rings is 1. The lowest BCUT2D eigenvalue weighted by Gasteiger charge is -2.34. The van der Waals surface area contributed by atoms with E-state index in [0.717, 1.165) is 31.9 Å². The quantitative estimate of drug-likeness (QED) is 0.900. The molecule has 0 radical (unpaired) electrons. The zero-order valence-electron chi connectivity index (χ0n) is 14.2. The van der Waals surface area contributed by atoms with Crippen LogP contribution in [0.3, 0.4) is 0 Å². The third-order valence-electron chi connectivity index (χ3n) is 4.15. The number of hydrogen-bond acceptors (Lipinski definition) is 6. The number of amides is 1. The number of aromatic nitrogens is 2. The predicted molar refractivity (Wildman–Crippen MR) is 92.1 cm³/mol. The first kappa shape index (κ1) is 16.4. The Bertz CT molecular complexity index is 675. The van der Waals surface area contributed by atoms with Gasteiger partial charge in [-0.3, -0.25) is 4.79 Å². The standard InChI is InChI=1S/C17H23N5O2/c1-13-19-20-17(24-13)8-7-16(23)18-14-3-5-15(6-4-14)22-11-9-21(2)10-12-22/h3-6H,7-12H2,1-2H3,(H,18,23). The van der Waals surface area contributed by atoms with Crippen LogP contribution in [0.5, 0.6) is 0 Å². The Balaban J connectivity index is 1.49. The van der Waals surface area contributed by atoms with Gasteiger partial charge in [-0.05, 0) is 31.3 Å². The molecule has 0 unspecified atom stereocenters. The maximum Gasteiger partial charge on any atom is 0.224 e. The molecule has 1 N–H and O–H groups in total. The zero-order valence-corrected chi connectivity index (χ0v) is 14.2. The molecule has 2 aromatic rings. The van der Waals surface area contributed by atoms with E-state index in [4.69, 9.17) is 4.42 Å². The van der Waals surface area contributed by atoms with Gasteiger partial charge in [0.2, 0.25) is 17.7 Å². The first-order chi connectivity index (χ1) is 11.6. The smallest absolute Gasteiger partial charge is 0.224 e. The van der Waals surface area contributed by atoms with Gasteiger partial charge in [-0.2, -0.15) is 0 Å². The van der Waals surface area contributed by atoms with E-state index in [1.807, 2.05) is 12.1 Å². The third kappa shape index (κ3) is 4.32. The highest BCUT2D eigenvalue weighted by molar-refractivity contribution is 5.90. The van der Waals surface area contributed by atoms with E-state index in [1.54, 1.807) is 6.92 Å². The average Bonchev–Trinajstić information content (AvgIpc) is 3.00. The van der Waals surface area contributed by atoms with Gasteiger partial charge >= 0.3 is 0 Å². The number of likely N-dealkylation sites (N-methyl/N-ethyl adjacent to an activating group) is 1. The summed E-state index contributed by atoms with van der Waals surface area (Å²) >= 11 is 0. The van der Waals surface area contributed by atoms with E-state index in [2.05, 4.69) is 44.5 Å². The maximum absolute atomic E-state index is 12.0. The van der Waals surface area contributed by atoms with Crippen LogP contribution in [0.1, 0.15) is 18.2 Å². The van der Waals surface area contributed by atoms with E-state index in [-0.39, 0.29) is 5.91 Å². The van der Waals surface area contributed by atoms with Gasteiger partial charge in [0.25, 0.3) is 0 Å². The number of aryl methyl sites for hydroxylation is 2. The molecule has 1 amide bonds. The van der Waals surface area contributed by atoms with E-state index < -0.39 is 0 Å². The molecule has 1 aliphatic heterocycles. The van der Waals surface area contributed by atoms with E-state index >= 15 is 0 Å². The van der Waals surface area contributed by atoms with Crippen LogP contribution in [0.15, 0.2) is 28.7 Å². The summed E-state index contributed by atoms with van der Waals surface area (Å²) in [5.74, 6) is 0.955.